The summed E-state index contributed by atoms with van der Waals surface area (Å²) in [6.45, 7) is 2.47. The molecule has 0 spiro atoms. The van der Waals surface area contributed by atoms with Gasteiger partial charge in [-0.3, -0.25) is 0 Å². The Hall–Kier alpha value is -1.52. The summed E-state index contributed by atoms with van der Waals surface area (Å²) in [6, 6.07) is 9.21. The van der Waals surface area contributed by atoms with E-state index >= 15 is 0 Å². The first kappa shape index (κ1) is 12.9. The molecule has 0 amide bonds. The lowest BCUT2D eigenvalue weighted by molar-refractivity contribution is 0.490. The Morgan fingerprint density at radius 2 is 2.17 bits per heavy atom. The number of anilines is 1. The van der Waals surface area contributed by atoms with Crippen molar-refractivity contribution in [2.45, 2.75) is 13.5 Å². The molecule has 0 aliphatic rings. The molecule has 5 heteroatoms. The van der Waals surface area contributed by atoms with Crippen molar-refractivity contribution >= 4 is 34.5 Å². The highest BCUT2D eigenvalue weighted by Crippen LogP contribution is 2.22. The first-order chi connectivity index (χ1) is 8.56. The van der Waals surface area contributed by atoms with Gasteiger partial charge in [0.1, 0.15) is 16.5 Å². The van der Waals surface area contributed by atoms with Crippen molar-refractivity contribution in [3.63, 3.8) is 0 Å². The summed E-state index contributed by atoms with van der Waals surface area (Å²) in [7, 11) is 0. The summed E-state index contributed by atoms with van der Waals surface area (Å²) in [5.41, 5.74) is 7.25. The van der Waals surface area contributed by atoms with Crippen molar-refractivity contribution in [3.05, 3.63) is 52.4 Å². The fourth-order valence-corrected chi connectivity index (χ4v) is 1.99. The summed E-state index contributed by atoms with van der Waals surface area (Å²) < 4.78 is 5.48. The van der Waals surface area contributed by atoms with Gasteiger partial charge in [0.2, 0.25) is 0 Å². The molecule has 94 valence electrons. The van der Waals surface area contributed by atoms with Crippen LogP contribution in [0.5, 0.6) is 0 Å². The Morgan fingerprint density at radius 1 is 1.39 bits per heavy atom. The van der Waals surface area contributed by atoms with Gasteiger partial charge in [-0.05, 0) is 37.3 Å². The van der Waals surface area contributed by atoms with E-state index in [0.29, 0.717) is 16.6 Å². The molecule has 3 nitrogen and oxygen atoms in total. The predicted molar refractivity (Wildman–Crippen MR) is 78.1 cm³/mol. The maximum atomic E-state index is 5.96. The molecule has 1 heterocycles. The molecule has 0 fully saturated rings. The average Bonchev–Trinajstić information content (AvgIpc) is 2.72. The van der Waals surface area contributed by atoms with Gasteiger partial charge in [-0.1, -0.05) is 23.8 Å². The minimum Gasteiger partial charge on any atom is -0.465 e. The number of halogens is 1. The smallest absolute Gasteiger partial charge is 0.123 e. The zero-order valence-electron chi connectivity index (χ0n) is 9.87. The molecule has 1 aromatic carbocycles. The van der Waals surface area contributed by atoms with E-state index in [2.05, 4.69) is 5.32 Å². The third kappa shape index (κ3) is 3.03. The molecule has 2 aromatic rings. The Morgan fingerprint density at radius 3 is 2.78 bits per heavy atom. The summed E-state index contributed by atoms with van der Waals surface area (Å²) in [5.74, 6) is 1.73. The van der Waals surface area contributed by atoms with Crippen LogP contribution in [0.4, 0.5) is 5.69 Å². The molecule has 1 aromatic heterocycles. The predicted octanol–water partition coefficient (Wildman–Crippen LogP) is 3.49. The molecule has 0 aliphatic carbocycles. The lowest BCUT2D eigenvalue weighted by atomic mass is 10.1. The molecule has 0 bridgehead atoms. The molecule has 18 heavy (non-hydrogen) atoms. The van der Waals surface area contributed by atoms with Crippen LogP contribution in [0, 0.1) is 6.92 Å². The number of hydrogen-bond donors (Lipinski definition) is 2. The van der Waals surface area contributed by atoms with Crippen LogP contribution in [0.3, 0.4) is 0 Å². The zero-order chi connectivity index (χ0) is 13.1. The van der Waals surface area contributed by atoms with Gasteiger partial charge >= 0.3 is 0 Å². The summed E-state index contributed by atoms with van der Waals surface area (Å²) >= 11 is 11.0. The van der Waals surface area contributed by atoms with Crippen LogP contribution in [-0.4, -0.2) is 4.99 Å². The fourth-order valence-electron chi connectivity index (χ4n) is 1.64. The van der Waals surface area contributed by atoms with Crippen molar-refractivity contribution in [2.75, 3.05) is 5.32 Å². The third-order valence-corrected chi connectivity index (χ3v) is 2.95. The topological polar surface area (TPSA) is 51.2 Å². The van der Waals surface area contributed by atoms with Crippen molar-refractivity contribution in [1.82, 2.24) is 0 Å². The minimum atomic E-state index is 0.338. The molecule has 0 aliphatic heterocycles. The number of hydrogen-bond acceptors (Lipinski definition) is 3. The Labute approximate surface area is 116 Å². The Bertz CT molecular complexity index is 580. The van der Waals surface area contributed by atoms with Crippen LogP contribution >= 0.6 is 23.8 Å². The Balaban J connectivity index is 2.17. The van der Waals surface area contributed by atoms with Crippen LogP contribution in [-0.2, 0) is 6.54 Å². The van der Waals surface area contributed by atoms with E-state index in [9.17, 15) is 0 Å². The second-order valence-electron chi connectivity index (χ2n) is 3.92. The largest absolute Gasteiger partial charge is 0.465 e. The van der Waals surface area contributed by atoms with Gasteiger partial charge in [-0.15, -0.1) is 0 Å². The highest BCUT2D eigenvalue weighted by Gasteiger charge is 2.06. The highest BCUT2D eigenvalue weighted by atomic mass is 35.5. The second-order valence-corrected chi connectivity index (χ2v) is 4.80. The van der Waals surface area contributed by atoms with Crippen LogP contribution in [0.25, 0.3) is 0 Å². The Kier molecular flexibility index (Phi) is 3.89. The number of aryl methyl sites for hydroxylation is 1. The van der Waals surface area contributed by atoms with Gasteiger partial charge in [0, 0.05) is 16.3 Å². The summed E-state index contributed by atoms with van der Waals surface area (Å²) in [6.07, 6.45) is 0. The quantitative estimate of drug-likeness (QED) is 0.842. The molecule has 0 radical (unpaired) electrons. The monoisotopic (exact) mass is 280 g/mol. The number of rotatable bonds is 4. The van der Waals surface area contributed by atoms with Gasteiger partial charge < -0.3 is 15.5 Å². The number of furan rings is 1. The number of nitrogens with one attached hydrogen (secondary N) is 1. The second kappa shape index (κ2) is 5.42. The fraction of sp³-hybridized carbons (Fsp3) is 0.154. The molecule has 0 saturated carbocycles. The van der Waals surface area contributed by atoms with Crippen molar-refractivity contribution in [1.29, 1.82) is 0 Å². The average molecular weight is 281 g/mol. The van der Waals surface area contributed by atoms with Gasteiger partial charge in [0.25, 0.3) is 0 Å². The molecule has 0 atom stereocenters. The van der Waals surface area contributed by atoms with E-state index in [1.165, 1.54) is 0 Å². The van der Waals surface area contributed by atoms with Crippen molar-refractivity contribution in [3.8, 4) is 0 Å². The van der Waals surface area contributed by atoms with Gasteiger partial charge in [0.15, 0.2) is 0 Å². The van der Waals surface area contributed by atoms with E-state index in [0.717, 1.165) is 22.8 Å². The standard InChI is InChI=1S/C13H13ClN2OS/c1-8-2-4-10(17-8)7-16-12-6-9(14)3-5-11(12)13(15)18/h2-6,16H,7H2,1H3,(H2,15,18). The highest BCUT2D eigenvalue weighted by molar-refractivity contribution is 7.80. The normalized spacial score (nSPS) is 10.3. The maximum Gasteiger partial charge on any atom is 0.123 e. The molecule has 2 rings (SSSR count). The molecule has 0 saturated heterocycles. The van der Waals surface area contributed by atoms with Crippen LogP contribution in [0.2, 0.25) is 5.02 Å². The first-order valence-corrected chi connectivity index (χ1v) is 6.23. The van der Waals surface area contributed by atoms with E-state index in [4.69, 9.17) is 34.0 Å². The van der Waals surface area contributed by atoms with Crippen molar-refractivity contribution in [2.24, 2.45) is 5.73 Å². The van der Waals surface area contributed by atoms with E-state index in [-0.39, 0.29) is 0 Å². The van der Waals surface area contributed by atoms with Crippen LogP contribution in [0.1, 0.15) is 17.1 Å². The molecule has 3 N–H and O–H groups in total. The van der Waals surface area contributed by atoms with Crippen molar-refractivity contribution < 1.29 is 4.42 Å². The number of thiocarbonyl (C=S) groups is 1. The number of benzene rings is 1. The van der Waals surface area contributed by atoms with Crippen LogP contribution < -0.4 is 11.1 Å². The first-order valence-electron chi connectivity index (χ1n) is 5.45. The molecular weight excluding hydrogens is 268 g/mol. The van der Waals surface area contributed by atoms with E-state index in [1.54, 1.807) is 18.2 Å². The molecular formula is C13H13ClN2OS. The number of nitrogens with two attached hydrogens (primary N) is 1. The summed E-state index contributed by atoms with van der Waals surface area (Å²) in [4.78, 5) is 0.338. The minimum absolute atomic E-state index is 0.338. The van der Waals surface area contributed by atoms with E-state index in [1.807, 2.05) is 19.1 Å². The third-order valence-electron chi connectivity index (χ3n) is 2.50. The van der Waals surface area contributed by atoms with Gasteiger partial charge in [-0.2, -0.15) is 0 Å². The van der Waals surface area contributed by atoms with E-state index < -0.39 is 0 Å². The maximum absolute atomic E-state index is 5.96. The van der Waals surface area contributed by atoms with Gasteiger partial charge in [-0.25, -0.2) is 0 Å². The van der Waals surface area contributed by atoms with Crippen LogP contribution in [0.15, 0.2) is 34.7 Å². The lowest BCUT2D eigenvalue weighted by Gasteiger charge is -2.10. The molecule has 0 unspecified atom stereocenters. The van der Waals surface area contributed by atoms with Gasteiger partial charge in [0.05, 0.1) is 6.54 Å². The SMILES string of the molecule is Cc1ccc(CNc2cc(Cl)ccc2C(N)=S)o1. The summed E-state index contributed by atoms with van der Waals surface area (Å²) in [5, 5.41) is 3.85. The zero-order valence-corrected chi connectivity index (χ0v) is 11.4. The lowest BCUT2D eigenvalue weighted by Crippen LogP contribution is -2.13.